The van der Waals surface area contributed by atoms with Crippen molar-refractivity contribution in [1.29, 1.82) is 0 Å². The molecule has 1 aromatic rings. The minimum Gasteiger partial charge on any atom is -0.313 e. The van der Waals surface area contributed by atoms with E-state index in [1.807, 2.05) is 0 Å². The molecule has 3 nitrogen and oxygen atoms in total. The molecule has 0 amide bonds. The number of rotatable bonds is 3. The molecule has 0 aliphatic rings. The summed E-state index contributed by atoms with van der Waals surface area (Å²) in [5.41, 5.74) is 0.524. The van der Waals surface area contributed by atoms with Crippen LogP contribution < -0.4 is 5.32 Å². The van der Waals surface area contributed by atoms with Crippen molar-refractivity contribution in [1.82, 2.24) is 10.3 Å². The second-order valence-corrected chi connectivity index (χ2v) is 4.07. The Labute approximate surface area is 77.0 Å². The Balaban J connectivity index is 2.69. The van der Waals surface area contributed by atoms with Crippen LogP contribution in [-0.4, -0.2) is 24.4 Å². The molecule has 1 N–H and O–H groups in total. The van der Waals surface area contributed by atoms with Gasteiger partial charge in [-0.25, -0.2) is 4.98 Å². The second kappa shape index (κ2) is 3.94. The first-order valence-corrected chi connectivity index (χ1v) is 4.70. The van der Waals surface area contributed by atoms with Crippen LogP contribution in [0.25, 0.3) is 0 Å². The van der Waals surface area contributed by atoms with Gasteiger partial charge in [-0.3, -0.25) is 4.79 Å². The lowest BCUT2D eigenvalue weighted by Crippen LogP contribution is -2.18. The molecule has 0 aliphatic heterocycles. The summed E-state index contributed by atoms with van der Waals surface area (Å²) < 4.78 is 0.747. The maximum Gasteiger partial charge on any atom is 0.195 e. The zero-order valence-electron chi connectivity index (χ0n) is 5.93. The third-order valence-corrected chi connectivity index (χ3v) is 2.46. The van der Waals surface area contributed by atoms with E-state index < -0.39 is 0 Å². The molecule has 5 heteroatoms. The Bertz CT molecular complexity index is 261. The minimum absolute atomic E-state index is 0.0226. The fourth-order valence-electron chi connectivity index (χ4n) is 0.631. The van der Waals surface area contributed by atoms with E-state index in [1.54, 1.807) is 12.4 Å². The number of halogens is 1. The van der Waals surface area contributed by atoms with Gasteiger partial charge in [0.25, 0.3) is 0 Å². The standard InChI is InChI=1S/C6H7BrN2OS/c1-8-2-5(10)4-3-11-6(7)9-4/h3,8H,2H2,1H3. The van der Waals surface area contributed by atoms with E-state index in [-0.39, 0.29) is 5.78 Å². The average molecular weight is 235 g/mol. The van der Waals surface area contributed by atoms with Crippen LogP contribution in [0.4, 0.5) is 0 Å². The molecular formula is C6H7BrN2OS. The maximum absolute atomic E-state index is 11.1. The highest BCUT2D eigenvalue weighted by Gasteiger charge is 2.07. The van der Waals surface area contributed by atoms with Crippen molar-refractivity contribution in [2.45, 2.75) is 0 Å². The van der Waals surface area contributed by atoms with Crippen molar-refractivity contribution in [3.8, 4) is 0 Å². The van der Waals surface area contributed by atoms with Crippen molar-refractivity contribution >= 4 is 33.0 Å². The summed E-state index contributed by atoms with van der Waals surface area (Å²) in [6.07, 6.45) is 0. The summed E-state index contributed by atoms with van der Waals surface area (Å²) in [5.74, 6) is 0.0226. The average Bonchev–Trinajstić information content (AvgIpc) is 2.36. The van der Waals surface area contributed by atoms with Gasteiger partial charge in [-0.15, -0.1) is 11.3 Å². The predicted octanol–water partition coefficient (Wildman–Crippen LogP) is 1.31. The Hall–Kier alpha value is -0.260. The van der Waals surface area contributed by atoms with Gasteiger partial charge in [-0.05, 0) is 23.0 Å². The van der Waals surface area contributed by atoms with Crippen molar-refractivity contribution < 1.29 is 4.79 Å². The van der Waals surface area contributed by atoms with E-state index >= 15 is 0 Å². The number of ketones is 1. The topological polar surface area (TPSA) is 42.0 Å². The summed E-state index contributed by atoms with van der Waals surface area (Å²) in [4.78, 5) is 15.1. The zero-order valence-corrected chi connectivity index (χ0v) is 8.33. The molecule has 0 spiro atoms. The van der Waals surface area contributed by atoms with Crippen LogP contribution in [0.2, 0.25) is 0 Å². The Kier molecular flexibility index (Phi) is 3.16. The van der Waals surface area contributed by atoms with Crippen molar-refractivity contribution in [3.63, 3.8) is 0 Å². The van der Waals surface area contributed by atoms with Gasteiger partial charge < -0.3 is 5.32 Å². The summed E-state index contributed by atoms with van der Waals surface area (Å²) in [6, 6.07) is 0. The van der Waals surface area contributed by atoms with Crippen LogP contribution in [0.3, 0.4) is 0 Å². The van der Waals surface area contributed by atoms with Crippen LogP contribution in [0, 0.1) is 0 Å². The summed E-state index contributed by atoms with van der Waals surface area (Å²) in [5, 5.41) is 4.51. The quantitative estimate of drug-likeness (QED) is 0.803. The number of carbonyl (C=O) groups is 1. The molecule has 1 aromatic heterocycles. The second-order valence-electron chi connectivity index (χ2n) is 1.94. The van der Waals surface area contributed by atoms with E-state index in [0.717, 1.165) is 3.92 Å². The molecule has 0 unspecified atom stereocenters. The molecule has 0 radical (unpaired) electrons. The highest BCUT2D eigenvalue weighted by Crippen LogP contribution is 2.15. The number of carbonyl (C=O) groups excluding carboxylic acids is 1. The van der Waals surface area contributed by atoms with E-state index in [4.69, 9.17) is 0 Å². The molecule has 0 fully saturated rings. The minimum atomic E-state index is 0.0226. The first kappa shape index (κ1) is 8.83. The van der Waals surface area contributed by atoms with Crippen LogP contribution in [0.5, 0.6) is 0 Å². The highest BCUT2D eigenvalue weighted by atomic mass is 79.9. The lowest BCUT2D eigenvalue weighted by molar-refractivity contribution is 0.0989. The van der Waals surface area contributed by atoms with Gasteiger partial charge in [0.05, 0.1) is 6.54 Å². The summed E-state index contributed by atoms with van der Waals surface area (Å²) >= 11 is 4.60. The van der Waals surface area contributed by atoms with Crippen molar-refractivity contribution in [2.75, 3.05) is 13.6 Å². The molecule has 1 heterocycles. The van der Waals surface area contributed by atoms with Gasteiger partial charge in [0.2, 0.25) is 0 Å². The van der Waals surface area contributed by atoms with Crippen molar-refractivity contribution in [2.24, 2.45) is 0 Å². The first-order valence-electron chi connectivity index (χ1n) is 3.03. The summed E-state index contributed by atoms with van der Waals surface area (Å²) in [7, 11) is 1.74. The number of thiazole rings is 1. The predicted molar refractivity (Wildman–Crippen MR) is 48.1 cm³/mol. The third-order valence-electron chi connectivity index (χ3n) is 1.10. The van der Waals surface area contributed by atoms with Crippen LogP contribution >= 0.6 is 27.3 Å². The number of likely N-dealkylation sites (N-methyl/N-ethyl adjacent to an activating group) is 1. The fraction of sp³-hybridized carbons (Fsp3) is 0.333. The molecule has 0 bridgehead atoms. The number of Topliss-reactive ketones (excluding diaryl/α,β-unsaturated/α-hetero) is 1. The third kappa shape index (κ3) is 2.36. The van der Waals surface area contributed by atoms with Gasteiger partial charge >= 0.3 is 0 Å². The van der Waals surface area contributed by atoms with E-state index in [2.05, 4.69) is 26.2 Å². The molecule has 0 saturated heterocycles. The normalized spacial score (nSPS) is 10.0. The number of nitrogens with zero attached hydrogens (tertiary/aromatic N) is 1. The highest BCUT2D eigenvalue weighted by molar-refractivity contribution is 9.11. The van der Waals surface area contributed by atoms with E-state index in [0.29, 0.717) is 12.2 Å². The van der Waals surface area contributed by atoms with Crippen LogP contribution in [0.1, 0.15) is 10.5 Å². The molecule has 1 rings (SSSR count). The van der Waals surface area contributed by atoms with Crippen LogP contribution in [-0.2, 0) is 0 Å². The Morgan fingerprint density at radius 1 is 1.91 bits per heavy atom. The summed E-state index contributed by atoms with van der Waals surface area (Å²) in [6.45, 7) is 0.343. The number of hydrogen-bond acceptors (Lipinski definition) is 4. The van der Waals surface area contributed by atoms with E-state index in [9.17, 15) is 4.79 Å². The number of aromatic nitrogens is 1. The van der Waals surface area contributed by atoms with Gasteiger partial charge in [0, 0.05) is 5.38 Å². The van der Waals surface area contributed by atoms with Crippen molar-refractivity contribution in [3.05, 3.63) is 15.0 Å². The lowest BCUT2D eigenvalue weighted by atomic mass is 10.3. The monoisotopic (exact) mass is 234 g/mol. The molecule has 60 valence electrons. The zero-order chi connectivity index (χ0) is 8.27. The Morgan fingerprint density at radius 3 is 3.09 bits per heavy atom. The van der Waals surface area contributed by atoms with Gasteiger partial charge in [0.15, 0.2) is 9.70 Å². The lowest BCUT2D eigenvalue weighted by Gasteiger charge is -1.92. The SMILES string of the molecule is CNCC(=O)c1csc(Br)n1. The number of hydrogen-bond donors (Lipinski definition) is 1. The molecular weight excluding hydrogens is 228 g/mol. The molecule has 0 aliphatic carbocycles. The molecule has 11 heavy (non-hydrogen) atoms. The van der Waals surface area contributed by atoms with Gasteiger partial charge in [-0.1, -0.05) is 0 Å². The van der Waals surface area contributed by atoms with E-state index in [1.165, 1.54) is 11.3 Å². The largest absolute Gasteiger partial charge is 0.313 e. The van der Waals surface area contributed by atoms with Gasteiger partial charge in [0.1, 0.15) is 5.69 Å². The number of nitrogens with one attached hydrogen (secondary N) is 1. The molecule has 0 atom stereocenters. The van der Waals surface area contributed by atoms with Crippen LogP contribution in [0.15, 0.2) is 9.30 Å². The smallest absolute Gasteiger partial charge is 0.195 e. The van der Waals surface area contributed by atoms with Gasteiger partial charge in [-0.2, -0.15) is 0 Å². The first-order chi connectivity index (χ1) is 5.24. The molecule has 0 aromatic carbocycles. The Morgan fingerprint density at radius 2 is 2.64 bits per heavy atom. The fourth-order valence-corrected chi connectivity index (χ4v) is 1.65. The molecule has 0 saturated carbocycles. The maximum atomic E-state index is 11.1.